The Balaban J connectivity index is 4.22. The van der Waals surface area contributed by atoms with Gasteiger partial charge < -0.3 is 0 Å². The number of rotatable bonds is 4. The zero-order valence-corrected chi connectivity index (χ0v) is 8.22. The Kier molecular flexibility index (Phi) is 5.91. The van der Waals surface area contributed by atoms with E-state index in [-0.39, 0.29) is 0 Å². The average molecular weight is 152 g/mol. The third-order valence-electron chi connectivity index (χ3n) is 2.15. The summed E-state index contributed by atoms with van der Waals surface area (Å²) in [6.07, 6.45) is 9.06. The quantitative estimate of drug-likeness (QED) is 0.535. The Hall–Kier alpha value is -0.520. The summed E-state index contributed by atoms with van der Waals surface area (Å²) in [6.45, 7) is 8.70. The summed E-state index contributed by atoms with van der Waals surface area (Å²) in [6, 6.07) is 0. The molecular formula is C11H20. The number of hydrogen-bond donors (Lipinski definition) is 0. The molecule has 0 aliphatic carbocycles. The van der Waals surface area contributed by atoms with Crippen molar-refractivity contribution < 1.29 is 0 Å². The molecular weight excluding hydrogens is 132 g/mol. The molecule has 0 aromatic heterocycles. The molecule has 0 aliphatic rings. The van der Waals surface area contributed by atoms with E-state index in [4.69, 9.17) is 0 Å². The van der Waals surface area contributed by atoms with E-state index >= 15 is 0 Å². The summed E-state index contributed by atoms with van der Waals surface area (Å²) in [5.74, 6) is 0.760. The highest BCUT2D eigenvalue weighted by Crippen LogP contribution is 2.19. The summed E-state index contributed by atoms with van der Waals surface area (Å²) >= 11 is 0. The monoisotopic (exact) mass is 152 g/mol. The van der Waals surface area contributed by atoms with E-state index in [0.29, 0.717) is 0 Å². The molecule has 0 atom stereocenters. The summed E-state index contributed by atoms with van der Waals surface area (Å²) in [5, 5.41) is 0. The minimum atomic E-state index is 0.760. The minimum Gasteiger partial charge on any atom is -0.0874 e. The topological polar surface area (TPSA) is 0 Å². The van der Waals surface area contributed by atoms with E-state index < -0.39 is 0 Å². The van der Waals surface area contributed by atoms with E-state index in [1.54, 1.807) is 0 Å². The van der Waals surface area contributed by atoms with Crippen molar-refractivity contribution in [3.8, 4) is 0 Å². The van der Waals surface area contributed by atoms with Gasteiger partial charge in [0, 0.05) is 0 Å². The van der Waals surface area contributed by atoms with Gasteiger partial charge in [0.15, 0.2) is 0 Å². The molecule has 0 aromatic rings. The Morgan fingerprint density at radius 1 is 1.18 bits per heavy atom. The van der Waals surface area contributed by atoms with Gasteiger partial charge in [0.05, 0.1) is 0 Å². The lowest BCUT2D eigenvalue weighted by Crippen LogP contribution is -1.98. The fraction of sp³-hybridized carbons (Fsp3) is 0.636. The molecule has 0 heterocycles. The average Bonchev–Trinajstić information content (AvgIpc) is 2.05. The summed E-state index contributed by atoms with van der Waals surface area (Å²) in [5.41, 5.74) is 1.48. The van der Waals surface area contributed by atoms with Gasteiger partial charge in [-0.05, 0) is 38.2 Å². The van der Waals surface area contributed by atoms with Crippen molar-refractivity contribution in [2.24, 2.45) is 5.92 Å². The number of allylic oxidation sites excluding steroid dienone is 4. The first-order chi connectivity index (χ1) is 5.29. The summed E-state index contributed by atoms with van der Waals surface area (Å²) in [7, 11) is 0. The highest BCUT2D eigenvalue weighted by molar-refractivity contribution is 5.20. The van der Waals surface area contributed by atoms with Gasteiger partial charge in [0.25, 0.3) is 0 Å². The fourth-order valence-electron chi connectivity index (χ4n) is 1.42. The SMILES string of the molecule is CC=C(/C=C\C)C(CC)CC. The van der Waals surface area contributed by atoms with Crippen molar-refractivity contribution in [1.29, 1.82) is 0 Å². The van der Waals surface area contributed by atoms with Crippen LogP contribution in [0.15, 0.2) is 23.8 Å². The third kappa shape index (κ3) is 3.41. The highest BCUT2D eigenvalue weighted by atomic mass is 14.1. The maximum absolute atomic E-state index is 2.25. The van der Waals surface area contributed by atoms with Gasteiger partial charge >= 0.3 is 0 Å². The molecule has 0 aromatic carbocycles. The summed E-state index contributed by atoms with van der Waals surface area (Å²) < 4.78 is 0. The van der Waals surface area contributed by atoms with E-state index in [1.807, 2.05) is 0 Å². The largest absolute Gasteiger partial charge is 0.0874 e. The van der Waals surface area contributed by atoms with Crippen LogP contribution in [0.3, 0.4) is 0 Å². The Morgan fingerprint density at radius 3 is 2.00 bits per heavy atom. The standard InChI is InChI=1S/C11H20/c1-5-9-11(8-4)10(6-2)7-3/h5,8-10H,6-7H2,1-4H3/b9-5-,11-8?. The molecule has 0 radical (unpaired) electrons. The second-order valence-electron chi connectivity index (χ2n) is 2.80. The molecule has 0 unspecified atom stereocenters. The second-order valence-corrected chi connectivity index (χ2v) is 2.80. The summed E-state index contributed by atoms with van der Waals surface area (Å²) in [4.78, 5) is 0. The first kappa shape index (κ1) is 10.5. The molecule has 11 heavy (non-hydrogen) atoms. The van der Waals surface area contributed by atoms with Crippen LogP contribution in [-0.2, 0) is 0 Å². The van der Waals surface area contributed by atoms with Gasteiger partial charge in [-0.1, -0.05) is 32.1 Å². The second kappa shape index (κ2) is 6.21. The lowest BCUT2D eigenvalue weighted by molar-refractivity contribution is 0.582. The van der Waals surface area contributed by atoms with Gasteiger partial charge in [-0.3, -0.25) is 0 Å². The van der Waals surface area contributed by atoms with Crippen LogP contribution in [0.1, 0.15) is 40.5 Å². The van der Waals surface area contributed by atoms with Gasteiger partial charge in [-0.25, -0.2) is 0 Å². The molecule has 0 heteroatoms. The van der Waals surface area contributed by atoms with Crippen LogP contribution in [0.4, 0.5) is 0 Å². The van der Waals surface area contributed by atoms with Crippen molar-refractivity contribution in [1.82, 2.24) is 0 Å². The Bertz CT molecular complexity index is 136. The van der Waals surface area contributed by atoms with Crippen LogP contribution in [-0.4, -0.2) is 0 Å². The predicted octanol–water partition coefficient (Wildman–Crippen LogP) is 3.95. The van der Waals surface area contributed by atoms with E-state index in [0.717, 1.165) is 5.92 Å². The van der Waals surface area contributed by atoms with Crippen molar-refractivity contribution >= 4 is 0 Å². The minimum absolute atomic E-state index is 0.760. The maximum Gasteiger partial charge on any atom is -0.0171 e. The van der Waals surface area contributed by atoms with Crippen molar-refractivity contribution in [2.45, 2.75) is 40.5 Å². The molecule has 0 nitrogen and oxygen atoms in total. The molecule has 0 amide bonds. The first-order valence-electron chi connectivity index (χ1n) is 4.58. The molecule has 0 aliphatic heterocycles. The zero-order chi connectivity index (χ0) is 8.69. The van der Waals surface area contributed by atoms with Gasteiger partial charge in [0.1, 0.15) is 0 Å². The van der Waals surface area contributed by atoms with Crippen LogP contribution in [0.25, 0.3) is 0 Å². The molecule has 0 spiro atoms. The van der Waals surface area contributed by atoms with Crippen LogP contribution in [0.5, 0.6) is 0 Å². The van der Waals surface area contributed by atoms with Gasteiger partial charge in [0.2, 0.25) is 0 Å². The van der Waals surface area contributed by atoms with Gasteiger partial charge in [-0.2, -0.15) is 0 Å². The van der Waals surface area contributed by atoms with E-state index in [1.165, 1.54) is 18.4 Å². The molecule has 0 saturated carbocycles. The molecule has 0 N–H and O–H groups in total. The molecule has 0 fully saturated rings. The molecule has 0 bridgehead atoms. The predicted molar refractivity (Wildman–Crippen MR) is 52.6 cm³/mol. The van der Waals surface area contributed by atoms with E-state index in [9.17, 15) is 0 Å². The van der Waals surface area contributed by atoms with Crippen LogP contribution in [0.2, 0.25) is 0 Å². The fourth-order valence-corrected chi connectivity index (χ4v) is 1.42. The Morgan fingerprint density at radius 2 is 1.73 bits per heavy atom. The number of hydrogen-bond acceptors (Lipinski definition) is 0. The van der Waals surface area contributed by atoms with Crippen LogP contribution < -0.4 is 0 Å². The van der Waals surface area contributed by atoms with Gasteiger partial charge in [-0.15, -0.1) is 0 Å². The maximum atomic E-state index is 2.25. The smallest absolute Gasteiger partial charge is 0.0171 e. The lowest BCUT2D eigenvalue weighted by Gasteiger charge is -2.12. The van der Waals surface area contributed by atoms with Crippen LogP contribution >= 0.6 is 0 Å². The van der Waals surface area contributed by atoms with Crippen molar-refractivity contribution in [3.05, 3.63) is 23.8 Å². The van der Waals surface area contributed by atoms with E-state index in [2.05, 4.69) is 45.9 Å². The highest BCUT2D eigenvalue weighted by Gasteiger charge is 2.04. The van der Waals surface area contributed by atoms with Crippen LogP contribution in [0, 0.1) is 5.92 Å². The lowest BCUT2D eigenvalue weighted by atomic mass is 9.93. The normalized spacial score (nSPS) is 13.4. The zero-order valence-electron chi connectivity index (χ0n) is 8.22. The molecule has 64 valence electrons. The van der Waals surface area contributed by atoms with Crippen molar-refractivity contribution in [2.75, 3.05) is 0 Å². The molecule has 0 saturated heterocycles. The Labute approximate surface area is 71.0 Å². The van der Waals surface area contributed by atoms with Crippen molar-refractivity contribution in [3.63, 3.8) is 0 Å². The molecule has 0 rings (SSSR count). The third-order valence-corrected chi connectivity index (χ3v) is 2.15. The first-order valence-corrected chi connectivity index (χ1v) is 4.58.